The van der Waals surface area contributed by atoms with Crippen LogP contribution in [0.4, 0.5) is 11.4 Å². The highest BCUT2D eigenvalue weighted by Crippen LogP contribution is 2.30. The monoisotopic (exact) mass is 368 g/mol. The molecule has 0 spiro atoms. The highest BCUT2D eigenvalue weighted by atomic mass is 32.1. The minimum Gasteiger partial charge on any atom is -0.321 e. The summed E-state index contributed by atoms with van der Waals surface area (Å²) in [7, 11) is 1.88. The van der Waals surface area contributed by atoms with E-state index in [1.54, 1.807) is 4.68 Å². The molecule has 4 rings (SSSR count). The van der Waals surface area contributed by atoms with Crippen molar-refractivity contribution in [3.05, 3.63) is 40.4 Å². The van der Waals surface area contributed by atoms with Gasteiger partial charge in [0.05, 0.1) is 10.6 Å². The van der Waals surface area contributed by atoms with Crippen LogP contribution in [0.2, 0.25) is 0 Å². The number of thiophene rings is 1. The standard InChI is InChI=1S/C19H20N4O2S/c1-11-9-13(6-7-15(11)23-8-4-5-17(23)24)20-18(25)16-10-14-12(2)21-22(3)19(14)26-16/h6-7,9-10H,4-5,8H2,1-3H3,(H,20,25). The number of benzene rings is 1. The summed E-state index contributed by atoms with van der Waals surface area (Å²) < 4.78 is 1.80. The second kappa shape index (κ2) is 6.25. The molecule has 0 aliphatic carbocycles. The average molecular weight is 368 g/mol. The maximum atomic E-state index is 12.6. The Balaban J connectivity index is 1.56. The number of nitrogens with one attached hydrogen (secondary N) is 1. The third kappa shape index (κ3) is 2.78. The van der Waals surface area contributed by atoms with E-state index < -0.39 is 0 Å². The summed E-state index contributed by atoms with van der Waals surface area (Å²) in [6, 6.07) is 7.57. The maximum Gasteiger partial charge on any atom is 0.265 e. The van der Waals surface area contributed by atoms with Gasteiger partial charge < -0.3 is 10.2 Å². The highest BCUT2D eigenvalue weighted by molar-refractivity contribution is 7.20. The SMILES string of the molecule is Cc1cc(NC(=O)c2cc3c(C)nn(C)c3s2)ccc1N1CCCC1=O. The molecule has 134 valence electrons. The minimum atomic E-state index is -0.130. The molecule has 3 aromatic rings. The summed E-state index contributed by atoms with van der Waals surface area (Å²) in [5, 5.41) is 8.33. The van der Waals surface area contributed by atoms with Crippen LogP contribution in [0, 0.1) is 13.8 Å². The number of aromatic nitrogens is 2. The van der Waals surface area contributed by atoms with Crippen LogP contribution in [0.1, 0.15) is 33.8 Å². The fraction of sp³-hybridized carbons (Fsp3) is 0.316. The second-order valence-electron chi connectivity index (χ2n) is 6.64. The Labute approximate surface area is 155 Å². The lowest BCUT2D eigenvalue weighted by Gasteiger charge is -2.19. The Morgan fingerprint density at radius 2 is 2.08 bits per heavy atom. The second-order valence-corrected chi connectivity index (χ2v) is 7.67. The van der Waals surface area contributed by atoms with Crippen LogP contribution < -0.4 is 10.2 Å². The summed E-state index contributed by atoms with van der Waals surface area (Å²) in [6.07, 6.45) is 1.51. The molecular formula is C19H20N4O2S. The van der Waals surface area contributed by atoms with Gasteiger partial charge in [-0.2, -0.15) is 5.10 Å². The number of hydrogen-bond donors (Lipinski definition) is 1. The predicted octanol–water partition coefficient (Wildman–Crippen LogP) is 3.63. The first-order valence-electron chi connectivity index (χ1n) is 8.59. The summed E-state index contributed by atoms with van der Waals surface area (Å²) >= 11 is 1.44. The Bertz CT molecular complexity index is 999. The van der Waals surface area contributed by atoms with Crippen molar-refractivity contribution in [2.75, 3.05) is 16.8 Å². The number of aryl methyl sites for hydroxylation is 3. The molecule has 1 aliphatic heterocycles. The van der Waals surface area contributed by atoms with E-state index >= 15 is 0 Å². The van der Waals surface area contributed by atoms with Gasteiger partial charge >= 0.3 is 0 Å². The van der Waals surface area contributed by atoms with Gasteiger partial charge in [0, 0.05) is 36.8 Å². The normalized spacial score (nSPS) is 14.4. The van der Waals surface area contributed by atoms with E-state index in [-0.39, 0.29) is 11.8 Å². The fourth-order valence-corrected chi connectivity index (χ4v) is 4.47. The summed E-state index contributed by atoms with van der Waals surface area (Å²) in [6.45, 7) is 4.67. The third-order valence-corrected chi connectivity index (χ3v) is 5.94. The number of anilines is 2. The quantitative estimate of drug-likeness (QED) is 0.768. The van der Waals surface area contributed by atoms with Gasteiger partial charge in [-0.3, -0.25) is 14.3 Å². The van der Waals surface area contributed by atoms with Crippen molar-refractivity contribution in [3.63, 3.8) is 0 Å². The molecule has 7 heteroatoms. The molecule has 0 radical (unpaired) electrons. The number of fused-ring (bicyclic) bond motifs is 1. The van der Waals surface area contributed by atoms with E-state index in [4.69, 9.17) is 0 Å². The molecule has 0 bridgehead atoms. The molecule has 1 N–H and O–H groups in total. The van der Waals surface area contributed by atoms with E-state index in [2.05, 4.69) is 10.4 Å². The first kappa shape index (κ1) is 16.8. The molecule has 0 unspecified atom stereocenters. The molecule has 1 saturated heterocycles. The molecule has 1 fully saturated rings. The van der Waals surface area contributed by atoms with E-state index in [9.17, 15) is 9.59 Å². The molecular weight excluding hydrogens is 348 g/mol. The van der Waals surface area contributed by atoms with Crippen molar-refractivity contribution in [1.82, 2.24) is 9.78 Å². The molecule has 3 heterocycles. The van der Waals surface area contributed by atoms with Crippen molar-refractivity contribution in [1.29, 1.82) is 0 Å². The van der Waals surface area contributed by atoms with Gasteiger partial charge in [-0.25, -0.2) is 0 Å². The highest BCUT2D eigenvalue weighted by Gasteiger charge is 2.23. The maximum absolute atomic E-state index is 12.6. The summed E-state index contributed by atoms with van der Waals surface area (Å²) in [5.41, 5.74) is 3.56. The van der Waals surface area contributed by atoms with Crippen LogP contribution in [-0.4, -0.2) is 28.1 Å². The van der Waals surface area contributed by atoms with E-state index in [1.165, 1.54) is 11.3 Å². The van der Waals surface area contributed by atoms with E-state index in [1.807, 2.05) is 50.1 Å². The van der Waals surface area contributed by atoms with Gasteiger partial charge in [-0.05, 0) is 50.1 Å². The van der Waals surface area contributed by atoms with Gasteiger partial charge in [0.25, 0.3) is 5.91 Å². The van der Waals surface area contributed by atoms with Crippen LogP contribution in [0.15, 0.2) is 24.3 Å². The lowest BCUT2D eigenvalue weighted by atomic mass is 10.1. The van der Waals surface area contributed by atoms with Crippen LogP contribution in [0.25, 0.3) is 10.2 Å². The number of amides is 2. The predicted molar refractivity (Wildman–Crippen MR) is 104 cm³/mol. The Hall–Kier alpha value is -2.67. The van der Waals surface area contributed by atoms with Crippen molar-refractivity contribution >= 4 is 44.7 Å². The van der Waals surface area contributed by atoms with Crippen molar-refractivity contribution < 1.29 is 9.59 Å². The molecule has 26 heavy (non-hydrogen) atoms. The first-order chi connectivity index (χ1) is 12.4. The van der Waals surface area contributed by atoms with Crippen LogP contribution in [0.3, 0.4) is 0 Å². The third-order valence-electron chi connectivity index (χ3n) is 4.74. The number of rotatable bonds is 3. The van der Waals surface area contributed by atoms with Crippen LogP contribution >= 0.6 is 11.3 Å². The van der Waals surface area contributed by atoms with Crippen LogP contribution in [-0.2, 0) is 11.8 Å². The number of carbonyl (C=O) groups excluding carboxylic acids is 2. The molecule has 0 atom stereocenters. The number of hydrogen-bond acceptors (Lipinski definition) is 4. The van der Waals surface area contributed by atoms with Gasteiger partial charge in [0.2, 0.25) is 5.91 Å². The van der Waals surface area contributed by atoms with E-state index in [0.29, 0.717) is 11.3 Å². The van der Waals surface area contributed by atoms with Gasteiger partial charge in [0.15, 0.2) is 0 Å². The lowest BCUT2D eigenvalue weighted by molar-refractivity contribution is -0.117. The molecule has 1 aromatic carbocycles. The Morgan fingerprint density at radius 3 is 2.73 bits per heavy atom. The first-order valence-corrected chi connectivity index (χ1v) is 9.41. The summed E-state index contributed by atoms with van der Waals surface area (Å²) in [4.78, 5) is 28.0. The van der Waals surface area contributed by atoms with Crippen LogP contribution in [0.5, 0.6) is 0 Å². The number of carbonyl (C=O) groups is 2. The van der Waals surface area contributed by atoms with Gasteiger partial charge in [0.1, 0.15) is 4.83 Å². The molecule has 6 nitrogen and oxygen atoms in total. The molecule has 2 aromatic heterocycles. The molecule has 2 amide bonds. The zero-order chi connectivity index (χ0) is 18.4. The smallest absolute Gasteiger partial charge is 0.265 e. The molecule has 1 aliphatic rings. The average Bonchev–Trinajstić information content (AvgIpc) is 3.27. The van der Waals surface area contributed by atoms with Crippen molar-refractivity contribution in [2.45, 2.75) is 26.7 Å². The topological polar surface area (TPSA) is 67.2 Å². The Kier molecular flexibility index (Phi) is 4.03. The zero-order valence-corrected chi connectivity index (χ0v) is 15.8. The largest absolute Gasteiger partial charge is 0.321 e. The van der Waals surface area contributed by atoms with Gasteiger partial charge in [-0.1, -0.05) is 0 Å². The van der Waals surface area contributed by atoms with E-state index in [0.717, 1.165) is 45.8 Å². The van der Waals surface area contributed by atoms with Crippen molar-refractivity contribution in [2.24, 2.45) is 7.05 Å². The molecule has 0 saturated carbocycles. The lowest BCUT2D eigenvalue weighted by Crippen LogP contribution is -2.24. The Morgan fingerprint density at radius 1 is 1.27 bits per heavy atom. The van der Waals surface area contributed by atoms with Crippen molar-refractivity contribution in [3.8, 4) is 0 Å². The number of nitrogens with zero attached hydrogens (tertiary/aromatic N) is 3. The summed E-state index contributed by atoms with van der Waals surface area (Å²) in [5.74, 6) is 0.0362. The van der Waals surface area contributed by atoms with Gasteiger partial charge in [-0.15, -0.1) is 11.3 Å². The minimum absolute atomic E-state index is 0.130. The fourth-order valence-electron chi connectivity index (χ4n) is 3.45. The zero-order valence-electron chi connectivity index (χ0n) is 15.0.